The number of thiophene rings is 1. The highest BCUT2D eigenvalue weighted by Crippen LogP contribution is 2.33. The second-order valence-electron chi connectivity index (χ2n) is 4.98. The highest BCUT2D eigenvalue weighted by atomic mass is 32.1. The van der Waals surface area contributed by atoms with E-state index < -0.39 is 0 Å². The van der Waals surface area contributed by atoms with E-state index in [1.807, 2.05) is 17.4 Å². The van der Waals surface area contributed by atoms with Crippen LogP contribution in [0.3, 0.4) is 0 Å². The van der Waals surface area contributed by atoms with Gasteiger partial charge in [0.15, 0.2) is 0 Å². The summed E-state index contributed by atoms with van der Waals surface area (Å²) in [6.45, 7) is 4.29. The van der Waals surface area contributed by atoms with Gasteiger partial charge in [-0.3, -0.25) is 4.90 Å². The van der Waals surface area contributed by atoms with Gasteiger partial charge in [0.05, 0.1) is 13.2 Å². The summed E-state index contributed by atoms with van der Waals surface area (Å²) in [6, 6.07) is 13.2. The third-order valence-corrected chi connectivity index (χ3v) is 4.66. The van der Waals surface area contributed by atoms with Crippen LogP contribution in [0.25, 0.3) is 0 Å². The molecule has 0 radical (unpaired) electrons. The summed E-state index contributed by atoms with van der Waals surface area (Å²) in [4.78, 5) is 3.96. The molecular formula is C16H20N2OS. The van der Waals surface area contributed by atoms with Crippen molar-refractivity contribution in [3.05, 3.63) is 52.2 Å². The summed E-state index contributed by atoms with van der Waals surface area (Å²) < 4.78 is 5.38. The van der Waals surface area contributed by atoms with Gasteiger partial charge in [0.25, 0.3) is 0 Å². The molecular weight excluding hydrogens is 268 g/mol. The first-order valence-electron chi connectivity index (χ1n) is 7.00. The van der Waals surface area contributed by atoms with Crippen molar-refractivity contribution in [1.82, 2.24) is 10.2 Å². The van der Waals surface area contributed by atoms with Gasteiger partial charge in [0, 0.05) is 31.1 Å². The molecule has 1 unspecified atom stereocenters. The SMILES string of the molecule is COc1cccc(C(c2cccs2)N2CCNCC2)c1. The minimum Gasteiger partial charge on any atom is -0.497 e. The Labute approximate surface area is 124 Å². The van der Waals surface area contributed by atoms with Crippen molar-refractivity contribution in [2.45, 2.75) is 6.04 Å². The Morgan fingerprint density at radius 1 is 1.20 bits per heavy atom. The van der Waals surface area contributed by atoms with Crippen molar-refractivity contribution < 1.29 is 4.74 Å². The molecule has 3 rings (SSSR count). The van der Waals surface area contributed by atoms with Crippen LogP contribution in [-0.2, 0) is 0 Å². The van der Waals surface area contributed by atoms with Gasteiger partial charge >= 0.3 is 0 Å². The Bertz CT molecular complexity index is 535. The molecule has 2 heterocycles. The van der Waals surface area contributed by atoms with Crippen LogP contribution in [0.2, 0.25) is 0 Å². The quantitative estimate of drug-likeness (QED) is 0.936. The molecule has 2 aromatic rings. The maximum Gasteiger partial charge on any atom is 0.119 e. The summed E-state index contributed by atoms with van der Waals surface area (Å²) in [5, 5.41) is 5.58. The molecule has 0 saturated carbocycles. The first-order chi connectivity index (χ1) is 9.88. The van der Waals surface area contributed by atoms with Crippen molar-refractivity contribution in [2.24, 2.45) is 0 Å². The van der Waals surface area contributed by atoms with Crippen molar-refractivity contribution in [3.63, 3.8) is 0 Å². The third-order valence-electron chi connectivity index (χ3n) is 3.74. The molecule has 1 aliphatic heterocycles. The molecule has 20 heavy (non-hydrogen) atoms. The van der Waals surface area contributed by atoms with E-state index in [1.165, 1.54) is 10.4 Å². The van der Waals surface area contributed by atoms with Crippen LogP contribution >= 0.6 is 11.3 Å². The van der Waals surface area contributed by atoms with Crippen molar-refractivity contribution in [2.75, 3.05) is 33.3 Å². The fourth-order valence-corrected chi connectivity index (χ4v) is 3.64. The number of benzene rings is 1. The van der Waals surface area contributed by atoms with Crippen molar-refractivity contribution >= 4 is 11.3 Å². The first kappa shape index (κ1) is 13.6. The zero-order valence-corrected chi connectivity index (χ0v) is 12.5. The fraction of sp³-hybridized carbons (Fsp3) is 0.375. The van der Waals surface area contributed by atoms with E-state index >= 15 is 0 Å². The van der Waals surface area contributed by atoms with E-state index in [2.05, 4.69) is 45.9 Å². The van der Waals surface area contributed by atoms with E-state index in [4.69, 9.17) is 4.74 Å². The topological polar surface area (TPSA) is 24.5 Å². The van der Waals surface area contributed by atoms with E-state index in [1.54, 1.807) is 7.11 Å². The maximum absolute atomic E-state index is 5.38. The van der Waals surface area contributed by atoms with Crippen LogP contribution in [0, 0.1) is 0 Å². The molecule has 0 aliphatic carbocycles. The molecule has 4 heteroatoms. The normalized spacial score (nSPS) is 17.9. The number of rotatable bonds is 4. The van der Waals surface area contributed by atoms with Gasteiger partial charge in [-0.05, 0) is 29.1 Å². The molecule has 0 spiro atoms. The zero-order chi connectivity index (χ0) is 13.8. The summed E-state index contributed by atoms with van der Waals surface area (Å²) in [7, 11) is 1.73. The predicted molar refractivity (Wildman–Crippen MR) is 83.6 cm³/mol. The lowest BCUT2D eigenvalue weighted by atomic mass is 10.0. The second kappa shape index (κ2) is 6.39. The average Bonchev–Trinajstić information content (AvgIpc) is 3.03. The highest BCUT2D eigenvalue weighted by molar-refractivity contribution is 7.10. The number of ether oxygens (including phenoxy) is 1. The minimum absolute atomic E-state index is 0.340. The Morgan fingerprint density at radius 2 is 2.05 bits per heavy atom. The summed E-state index contributed by atoms with van der Waals surface area (Å²) in [6.07, 6.45) is 0. The molecule has 1 saturated heterocycles. The predicted octanol–water partition coefficient (Wildman–Crippen LogP) is 2.75. The molecule has 1 aliphatic rings. The van der Waals surface area contributed by atoms with Crippen LogP contribution in [0.1, 0.15) is 16.5 Å². The summed E-state index contributed by atoms with van der Waals surface area (Å²) >= 11 is 1.83. The molecule has 1 aromatic heterocycles. The number of piperazine rings is 1. The van der Waals surface area contributed by atoms with Crippen LogP contribution in [-0.4, -0.2) is 38.2 Å². The summed E-state index contributed by atoms with van der Waals surface area (Å²) in [5.41, 5.74) is 1.31. The maximum atomic E-state index is 5.38. The van der Waals surface area contributed by atoms with E-state index in [9.17, 15) is 0 Å². The number of methoxy groups -OCH3 is 1. The van der Waals surface area contributed by atoms with Gasteiger partial charge in [-0.15, -0.1) is 11.3 Å². The van der Waals surface area contributed by atoms with Crippen LogP contribution < -0.4 is 10.1 Å². The number of hydrogen-bond acceptors (Lipinski definition) is 4. The van der Waals surface area contributed by atoms with E-state index in [-0.39, 0.29) is 0 Å². The van der Waals surface area contributed by atoms with Crippen molar-refractivity contribution in [3.8, 4) is 5.75 Å². The van der Waals surface area contributed by atoms with Crippen LogP contribution in [0.15, 0.2) is 41.8 Å². The molecule has 1 N–H and O–H groups in total. The molecule has 0 bridgehead atoms. The van der Waals surface area contributed by atoms with Gasteiger partial charge in [-0.2, -0.15) is 0 Å². The summed E-state index contributed by atoms with van der Waals surface area (Å²) in [5.74, 6) is 0.930. The lowest BCUT2D eigenvalue weighted by molar-refractivity contribution is 0.200. The van der Waals surface area contributed by atoms with Crippen LogP contribution in [0.4, 0.5) is 0 Å². The molecule has 1 fully saturated rings. The number of nitrogens with one attached hydrogen (secondary N) is 1. The molecule has 0 amide bonds. The highest BCUT2D eigenvalue weighted by Gasteiger charge is 2.24. The lowest BCUT2D eigenvalue weighted by Crippen LogP contribution is -2.45. The van der Waals surface area contributed by atoms with Gasteiger partial charge in [-0.1, -0.05) is 18.2 Å². The first-order valence-corrected chi connectivity index (χ1v) is 7.88. The Kier molecular flexibility index (Phi) is 4.35. The monoisotopic (exact) mass is 288 g/mol. The van der Waals surface area contributed by atoms with Gasteiger partial charge in [-0.25, -0.2) is 0 Å². The Morgan fingerprint density at radius 3 is 2.75 bits per heavy atom. The smallest absolute Gasteiger partial charge is 0.119 e. The van der Waals surface area contributed by atoms with Gasteiger partial charge in [0.1, 0.15) is 5.75 Å². The molecule has 106 valence electrons. The second-order valence-corrected chi connectivity index (χ2v) is 5.96. The van der Waals surface area contributed by atoms with Crippen molar-refractivity contribution in [1.29, 1.82) is 0 Å². The minimum atomic E-state index is 0.340. The molecule has 1 atom stereocenters. The fourth-order valence-electron chi connectivity index (χ4n) is 2.75. The Hall–Kier alpha value is -1.36. The Balaban J connectivity index is 1.95. The van der Waals surface area contributed by atoms with Gasteiger partial charge < -0.3 is 10.1 Å². The number of nitrogens with zero attached hydrogens (tertiary/aromatic N) is 1. The largest absolute Gasteiger partial charge is 0.497 e. The molecule has 1 aromatic carbocycles. The average molecular weight is 288 g/mol. The zero-order valence-electron chi connectivity index (χ0n) is 11.7. The van der Waals surface area contributed by atoms with Crippen LogP contribution in [0.5, 0.6) is 5.75 Å². The third kappa shape index (κ3) is 2.87. The standard InChI is InChI=1S/C16H20N2OS/c1-19-14-5-2-4-13(12-14)16(15-6-3-11-20-15)18-9-7-17-8-10-18/h2-6,11-12,16-17H,7-10H2,1H3. The number of hydrogen-bond donors (Lipinski definition) is 1. The lowest BCUT2D eigenvalue weighted by Gasteiger charge is -2.34. The van der Waals surface area contributed by atoms with E-state index in [0.717, 1.165) is 31.9 Å². The van der Waals surface area contributed by atoms with Gasteiger partial charge in [0.2, 0.25) is 0 Å². The van der Waals surface area contributed by atoms with E-state index in [0.29, 0.717) is 6.04 Å². The molecule has 3 nitrogen and oxygen atoms in total.